The van der Waals surface area contributed by atoms with Gasteiger partial charge in [-0.3, -0.25) is 9.59 Å². The van der Waals surface area contributed by atoms with Gasteiger partial charge in [-0.1, -0.05) is 30.3 Å². The first-order valence-electron chi connectivity index (χ1n) is 12.1. The summed E-state index contributed by atoms with van der Waals surface area (Å²) in [5.41, 5.74) is 1.67. The highest BCUT2D eigenvalue weighted by molar-refractivity contribution is 5.85. The fourth-order valence-electron chi connectivity index (χ4n) is 4.68. The summed E-state index contributed by atoms with van der Waals surface area (Å²) in [5.74, 6) is -2.06. The van der Waals surface area contributed by atoms with Gasteiger partial charge in [0.1, 0.15) is 5.75 Å². The van der Waals surface area contributed by atoms with Crippen molar-refractivity contribution in [2.24, 2.45) is 0 Å². The second-order valence-electron chi connectivity index (χ2n) is 9.09. The number of amides is 2. The van der Waals surface area contributed by atoms with Crippen molar-refractivity contribution in [1.29, 1.82) is 0 Å². The van der Waals surface area contributed by atoms with E-state index in [4.69, 9.17) is 4.74 Å². The topological polar surface area (TPSA) is 134 Å². The van der Waals surface area contributed by atoms with Crippen LogP contribution in [0.4, 0.5) is 13.2 Å². The van der Waals surface area contributed by atoms with Crippen molar-refractivity contribution in [2.45, 2.75) is 44.3 Å². The van der Waals surface area contributed by atoms with E-state index >= 15 is 0 Å². The fraction of sp³-hybridized carbons (Fsp3) is 0.400. The molecule has 39 heavy (non-hydrogen) atoms. The zero-order valence-corrected chi connectivity index (χ0v) is 21.2. The number of nitrogens with zero attached hydrogens (tertiary/aromatic N) is 5. The minimum atomic E-state index is -4.73. The summed E-state index contributed by atoms with van der Waals surface area (Å²) in [5, 5.41) is 25.6. The number of rotatable bonds is 8. The van der Waals surface area contributed by atoms with Crippen molar-refractivity contribution < 1.29 is 32.6 Å². The highest BCUT2D eigenvalue weighted by Gasteiger charge is 2.39. The molecule has 11 nitrogen and oxygen atoms in total. The van der Waals surface area contributed by atoms with Crippen LogP contribution in [-0.2, 0) is 22.3 Å². The van der Waals surface area contributed by atoms with Crippen LogP contribution in [0.15, 0.2) is 48.5 Å². The molecule has 0 spiro atoms. The maximum absolute atomic E-state index is 13.3. The van der Waals surface area contributed by atoms with Gasteiger partial charge in [-0.05, 0) is 40.6 Å². The standard InChI is InChI=1S/C25H28F3N7O4/c1-15(36)30-22(37)23(38)34-11-10-20(19(14-34)16-6-4-3-5-7-16)29-13-17-12-18(8-9-21(17)39-2)35-24(25(26,27)28)31-32-33-35/h3-9,12,19-20,22,29,37H,10-11,13-14H2,1-2H3,(H,30,36). The van der Waals surface area contributed by atoms with Gasteiger partial charge in [0.2, 0.25) is 12.1 Å². The molecule has 0 saturated carbocycles. The van der Waals surface area contributed by atoms with Crippen LogP contribution in [0, 0.1) is 0 Å². The summed E-state index contributed by atoms with van der Waals surface area (Å²) in [6.07, 6.45) is -5.85. The third kappa shape index (κ3) is 6.52. The van der Waals surface area contributed by atoms with E-state index < -0.39 is 30.0 Å². The molecule has 2 aromatic carbocycles. The number of halogens is 3. The van der Waals surface area contributed by atoms with Crippen LogP contribution < -0.4 is 15.4 Å². The SMILES string of the molecule is COc1ccc(-n2nnnc2C(F)(F)F)cc1CNC1CCN(C(=O)C(O)NC(C)=O)CC1c1ccccc1. The number of likely N-dealkylation sites (tertiary alicyclic amines) is 1. The summed E-state index contributed by atoms with van der Waals surface area (Å²) in [4.78, 5) is 25.5. The second-order valence-corrected chi connectivity index (χ2v) is 9.09. The van der Waals surface area contributed by atoms with Crippen molar-refractivity contribution in [3.8, 4) is 11.4 Å². The van der Waals surface area contributed by atoms with E-state index in [-0.39, 0.29) is 30.7 Å². The predicted octanol–water partition coefficient (Wildman–Crippen LogP) is 1.62. The first kappa shape index (κ1) is 28.0. The molecule has 3 N–H and O–H groups in total. The molecule has 1 aliphatic rings. The maximum Gasteiger partial charge on any atom is 0.453 e. The number of alkyl halides is 3. The number of benzene rings is 2. The lowest BCUT2D eigenvalue weighted by Gasteiger charge is -2.40. The molecule has 14 heteroatoms. The molecule has 2 heterocycles. The molecule has 208 valence electrons. The average Bonchev–Trinajstić information content (AvgIpc) is 3.42. The number of tetrazole rings is 1. The number of aliphatic hydroxyl groups is 1. The van der Waals surface area contributed by atoms with Crippen molar-refractivity contribution >= 4 is 11.8 Å². The number of aromatic nitrogens is 4. The molecule has 2 amide bonds. The Morgan fingerprint density at radius 3 is 2.62 bits per heavy atom. The summed E-state index contributed by atoms with van der Waals surface area (Å²) >= 11 is 0. The van der Waals surface area contributed by atoms with Crippen molar-refractivity contribution in [3.05, 3.63) is 65.5 Å². The monoisotopic (exact) mass is 547 g/mol. The lowest BCUT2D eigenvalue weighted by molar-refractivity contribution is -0.146. The zero-order valence-electron chi connectivity index (χ0n) is 21.2. The molecule has 3 aromatic rings. The lowest BCUT2D eigenvalue weighted by Crippen LogP contribution is -2.54. The van der Waals surface area contributed by atoms with Crippen LogP contribution in [0.3, 0.4) is 0 Å². The van der Waals surface area contributed by atoms with E-state index in [1.54, 1.807) is 6.07 Å². The number of ether oxygens (including phenoxy) is 1. The molecule has 3 unspecified atom stereocenters. The highest BCUT2D eigenvalue weighted by Crippen LogP contribution is 2.31. The minimum Gasteiger partial charge on any atom is -0.496 e. The van der Waals surface area contributed by atoms with E-state index in [9.17, 15) is 27.9 Å². The van der Waals surface area contributed by atoms with Gasteiger partial charge < -0.3 is 25.4 Å². The minimum absolute atomic E-state index is 0.122. The average molecular weight is 548 g/mol. The van der Waals surface area contributed by atoms with Gasteiger partial charge in [0.05, 0.1) is 12.8 Å². The van der Waals surface area contributed by atoms with Gasteiger partial charge in [0, 0.05) is 44.1 Å². The van der Waals surface area contributed by atoms with Crippen LogP contribution >= 0.6 is 0 Å². The van der Waals surface area contributed by atoms with Crippen molar-refractivity contribution in [2.75, 3.05) is 20.2 Å². The predicted molar refractivity (Wildman–Crippen MR) is 132 cm³/mol. The molecule has 1 aromatic heterocycles. The Morgan fingerprint density at radius 1 is 1.21 bits per heavy atom. The Bertz CT molecular complexity index is 1300. The Balaban J connectivity index is 1.55. The molecule has 0 bridgehead atoms. The molecule has 4 rings (SSSR count). The molecular formula is C25H28F3N7O4. The van der Waals surface area contributed by atoms with Gasteiger partial charge >= 0.3 is 6.18 Å². The quantitative estimate of drug-likeness (QED) is 0.362. The van der Waals surface area contributed by atoms with Crippen LogP contribution in [0.25, 0.3) is 5.69 Å². The van der Waals surface area contributed by atoms with Crippen molar-refractivity contribution in [1.82, 2.24) is 35.7 Å². The number of methoxy groups -OCH3 is 1. The third-order valence-corrected chi connectivity index (χ3v) is 6.51. The van der Waals surface area contributed by atoms with Crippen LogP contribution in [0.5, 0.6) is 5.75 Å². The third-order valence-electron chi connectivity index (χ3n) is 6.51. The van der Waals surface area contributed by atoms with Crippen molar-refractivity contribution in [3.63, 3.8) is 0 Å². The number of piperidine rings is 1. The first-order chi connectivity index (χ1) is 18.6. The maximum atomic E-state index is 13.3. The number of carbonyl (C=O) groups excluding carboxylic acids is 2. The normalized spacial score (nSPS) is 18.5. The number of hydrogen-bond donors (Lipinski definition) is 3. The Kier molecular flexibility index (Phi) is 8.45. The van der Waals surface area contributed by atoms with Gasteiger partial charge in [-0.15, -0.1) is 5.10 Å². The number of nitrogens with one attached hydrogen (secondary N) is 2. The number of carbonyl (C=O) groups is 2. The van der Waals surface area contributed by atoms with Gasteiger partial charge in [-0.2, -0.15) is 17.9 Å². The van der Waals surface area contributed by atoms with E-state index in [0.29, 0.717) is 29.0 Å². The summed E-state index contributed by atoms with van der Waals surface area (Å²) in [6.45, 7) is 2.07. The van der Waals surface area contributed by atoms with Gasteiger partial charge in [0.15, 0.2) is 0 Å². The van der Waals surface area contributed by atoms with Crippen LogP contribution in [0.1, 0.15) is 36.2 Å². The molecule has 1 fully saturated rings. The van der Waals surface area contributed by atoms with E-state index in [1.165, 1.54) is 31.1 Å². The Hall–Kier alpha value is -4.04. The molecule has 1 saturated heterocycles. The molecular weight excluding hydrogens is 519 g/mol. The van der Waals surface area contributed by atoms with Crippen LogP contribution in [-0.4, -0.2) is 74.5 Å². The molecule has 3 atom stereocenters. The number of hydrogen-bond acceptors (Lipinski definition) is 8. The summed E-state index contributed by atoms with van der Waals surface area (Å²) in [6, 6.07) is 13.9. The zero-order chi connectivity index (χ0) is 28.2. The van der Waals surface area contributed by atoms with Gasteiger partial charge in [-0.25, -0.2) is 0 Å². The fourth-order valence-corrected chi connectivity index (χ4v) is 4.68. The second kappa shape index (κ2) is 11.8. The molecule has 0 aliphatic carbocycles. The van der Waals surface area contributed by atoms with E-state index in [1.807, 2.05) is 30.3 Å². The van der Waals surface area contributed by atoms with Crippen LogP contribution in [0.2, 0.25) is 0 Å². The van der Waals surface area contributed by atoms with E-state index in [0.717, 1.165) is 5.56 Å². The summed E-state index contributed by atoms with van der Waals surface area (Å²) < 4.78 is 46.1. The summed E-state index contributed by atoms with van der Waals surface area (Å²) in [7, 11) is 1.47. The van der Waals surface area contributed by atoms with E-state index in [2.05, 4.69) is 26.2 Å². The smallest absolute Gasteiger partial charge is 0.453 e. The first-order valence-corrected chi connectivity index (χ1v) is 12.1. The molecule has 1 aliphatic heterocycles. The number of aliphatic hydroxyl groups excluding tert-OH is 1. The molecule has 0 radical (unpaired) electrons. The lowest BCUT2D eigenvalue weighted by atomic mass is 9.85. The highest BCUT2D eigenvalue weighted by atomic mass is 19.4. The Morgan fingerprint density at radius 2 is 1.95 bits per heavy atom. The Labute approximate surface area is 221 Å². The largest absolute Gasteiger partial charge is 0.496 e. The van der Waals surface area contributed by atoms with Gasteiger partial charge in [0.25, 0.3) is 11.7 Å².